The zero-order chi connectivity index (χ0) is 20.6. The SMILES string of the molecule is CC(C)(C)OC(=O)N1CCC(N2CCC(n3cc4ccc(Br)cc4n3)CC2)CC1. The molecule has 6 nitrogen and oxygen atoms in total. The summed E-state index contributed by atoms with van der Waals surface area (Å²) < 4.78 is 8.75. The fraction of sp³-hybridized carbons (Fsp3) is 0.636. The van der Waals surface area contributed by atoms with Crippen LogP contribution in [0, 0.1) is 0 Å². The van der Waals surface area contributed by atoms with E-state index in [2.05, 4.69) is 49.9 Å². The Morgan fingerprint density at radius 2 is 1.72 bits per heavy atom. The second-order valence-corrected chi connectivity index (χ2v) is 10.2. The van der Waals surface area contributed by atoms with E-state index in [4.69, 9.17) is 9.84 Å². The monoisotopic (exact) mass is 462 g/mol. The van der Waals surface area contributed by atoms with E-state index in [9.17, 15) is 4.79 Å². The maximum absolute atomic E-state index is 12.3. The Kier molecular flexibility index (Phi) is 5.89. The van der Waals surface area contributed by atoms with Crippen molar-refractivity contribution in [1.29, 1.82) is 0 Å². The summed E-state index contributed by atoms with van der Waals surface area (Å²) in [6.07, 6.45) is 6.32. The minimum Gasteiger partial charge on any atom is -0.444 e. The number of aromatic nitrogens is 2. The maximum Gasteiger partial charge on any atom is 0.410 e. The number of benzene rings is 1. The Balaban J connectivity index is 1.28. The number of hydrogen-bond donors (Lipinski definition) is 0. The molecule has 1 aromatic carbocycles. The van der Waals surface area contributed by atoms with Crippen LogP contribution in [0.25, 0.3) is 10.9 Å². The lowest BCUT2D eigenvalue weighted by atomic mass is 9.98. The highest BCUT2D eigenvalue weighted by Gasteiger charge is 2.31. The summed E-state index contributed by atoms with van der Waals surface area (Å²) in [5.41, 5.74) is 0.625. The van der Waals surface area contributed by atoms with Crippen LogP contribution in [0.2, 0.25) is 0 Å². The average molecular weight is 463 g/mol. The summed E-state index contributed by atoms with van der Waals surface area (Å²) in [6.45, 7) is 9.54. The van der Waals surface area contributed by atoms with E-state index < -0.39 is 5.60 Å². The third kappa shape index (κ3) is 4.94. The van der Waals surface area contributed by atoms with Crippen molar-refractivity contribution in [3.63, 3.8) is 0 Å². The van der Waals surface area contributed by atoms with Gasteiger partial charge in [0, 0.05) is 48.3 Å². The van der Waals surface area contributed by atoms with Gasteiger partial charge >= 0.3 is 6.09 Å². The van der Waals surface area contributed by atoms with Gasteiger partial charge < -0.3 is 14.5 Å². The van der Waals surface area contributed by atoms with Crippen LogP contribution in [-0.4, -0.2) is 63.5 Å². The predicted octanol–water partition coefficient (Wildman–Crippen LogP) is 4.84. The van der Waals surface area contributed by atoms with Crippen LogP contribution >= 0.6 is 15.9 Å². The summed E-state index contributed by atoms with van der Waals surface area (Å²) >= 11 is 3.53. The molecule has 0 bridgehead atoms. The molecule has 2 aliphatic heterocycles. The number of carbonyl (C=O) groups is 1. The molecule has 7 heteroatoms. The first-order chi connectivity index (χ1) is 13.8. The van der Waals surface area contributed by atoms with Gasteiger partial charge in [-0.05, 0) is 58.6 Å². The molecule has 2 aliphatic rings. The molecule has 0 atom stereocenters. The van der Waals surface area contributed by atoms with Gasteiger partial charge in [0.1, 0.15) is 5.60 Å². The van der Waals surface area contributed by atoms with Gasteiger partial charge in [-0.1, -0.05) is 22.0 Å². The molecule has 2 fully saturated rings. The van der Waals surface area contributed by atoms with Crippen molar-refractivity contribution in [3.05, 3.63) is 28.9 Å². The molecule has 3 heterocycles. The number of fused-ring (bicyclic) bond motifs is 1. The summed E-state index contributed by atoms with van der Waals surface area (Å²) in [5, 5.41) is 6.00. The zero-order valence-corrected chi connectivity index (χ0v) is 19.2. The number of ether oxygens (including phenoxy) is 1. The van der Waals surface area contributed by atoms with Crippen LogP contribution in [0.4, 0.5) is 4.79 Å². The molecular weight excluding hydrogens is 432 g/mol. The Hall–Kier alpha value is -1.60. The highest BCUT2D eigenvalue weighted by molar-refractivity contribution is 9.10. The van der Waals surface area contributed by atoms with E-state index >= 15 is 0 Å². The van der Waals surface area contributed by atoms with Crippen molar-refractivity contribution in [1.82, 2.24) is 19.6 Å². The van der Waals surface area contributed by atoms with Gasteiger partial charge in [0.15, 0.2) is 0 Å². The van der Waals surface area contributed by atoms with Crippen LogP contribution in [0.1, 0.15) is 52.5 Å². The van der Waals surface area contributed by atoms with Gasteiger partial charge in [-0.3, -0.25) is 4.68 Å². The van der Waals surface area contributed by atoms with Crippen LogP contribution in [-0.2, 0) is 4.74 Å². The minimum atomic E-state index is -0.427. The number of halogens is 1. The first-order valence-corrected chi connectivity index (χ1v) is 11.4. The molecule has 1 amide bonds. The number of amides is 1. The lowest BCUT2D eigenvalue weighted by Gasteiger charge is -2.41. The van der Waals surface area contributed by atoms with Gasteiger partial charge in [0.05, 0.1) is 11.6 Å². The van der Waals surface area contributed by atoms with Crippen molar-refractivity contribution in [3.8, 4) is 0 Å². The Bertz CT molecular complexity index is 859. The number of piperidine rings is 2. The van der Waals surface area contributed by atoms with Crippen molar-refractivity contribution < 1.29 is 9.53 Å². The van der Waals surface area contributed by atoms with Crippen LogP contribution < -0.4 is 0 Å². The molecule has 2 saturated heterocycles. The molecule has 0 aliphatic carbocycles. The Morgan fingerprint density at radius 1 is 1.07 bits per heavy atom. The molecule has 4 rings (SSSR count). The lowest BCUT2D eigenvalue weighted by Crippen LogP contribution is -2.49. The van der Waals surface area contributed by atoms with Crippen LogP contribution in [0.15, 0.2) is 28.9 Å². The summed E-state index contributed by atoms with van der Waals surface area (Å²) in [6, 6.07) is 7.32. The third-order valence-electron chi connectivity index (χ3n) is 5.99. The minimum absolute atomic E-state index is 0.174. The van der Waals surface area contributed by atoms with Gasteiger partial charge in [-0.2, -0.15) is 5.10 Å². The van der Waals surface area contributed by atoms with Crippen molar-refractivity contribution in [2.24, 2.45) is 0 Å². The fourth-order valence-corrected chi connectivity index (χ4v) is 4.80. The van der Waals surface area contributed by atoms with Crippen LogP contribution in [0.3, 0.4) is 0 Å². The third-order valence-corrected chi connectivity index (χ3v) is 6.49. The topological polar surface area (TPSA) is 50.6 Å². The van der Waals surface area contributed by atoms with E-state index in [1.54, 1.807) is 0 Å². The smallest absolute Gasteiger partial charge is 0.410 e. The Labute approximate surface area is 181 Å². The highest BCUT2D eigenvalue weighted by atomic mass is 79.9. The number of hydrogen-bond acceptors (Lipinski definition) is 4. The largest absolute Gasteiger partial charge is 0.444 e. The molecule has 0 spiro atoms. The quantitative estimate of drug-likeness (QED) is 0.640. The molecular formula is C22H31BrN4O2. The Morgan fingerprint density at radius 3 is 2.38 bits per heavy atom. The zero-order valence-electron chi connectivity index (χ0n) is 17.6. The van der Waals surface area contributed by atoms with Gasteiger partial charge in [-0.25, -0.2) is 4.79 Å². The molecule has 29 heavy (non-hydrogen) atoms. The van der Waals surface area contributed by atoms with E-state index in [0.29, 0.717) is 12.1 Å². The molecule has 2 aromatic rings. The van der Waals surface area contributed by atoms with E-state index in [-0.39, 0.29) is 6.09 Å². The van der Waals surface area contributed by atoms with Crippen molar-refractivity contribution in [2.45, 2.75) is 64.1 Å². The molecule has 1 aromatic heterocycles. The molecule has 0 unspecified atom stereocenters. The molecule has 158 valence electrons. The second kappa shape index (κ2) is 8.26. The first kappa shape index (κ1) is 20.7. The normalized spacial score (nSPS) is 20.3. The van der Waals surface area contributed by atoms with Gasteiger partial charge in [0.2, 0.25) is 0 Å². The summed E-state index contributed by atoms with van der Waals surface area (Å²) in [5.74, 6) is 0. The highest BCUT2D eigenvalue weighted by Crippen LogP contribution is 2.28. The standard InChI is InChI=1S/C22H31BrN4O2/c1-22(2,3)29-21(28)26-12-6-18(7-13-26)25-10-8-19(9-11-25)27-15-16-4-5-17(23)14-20(16)24-27/h4-5,14-15,18-19H,6-13H2,1-3H3. The van der Waals surface area contributed by atoms with Crippen molar-refractivity contribution in [2.75, 3.05) is 26.2 Å². The van der Waals surface area contributed by atoms with E-state index in [1.165, 1.54) is 5.39 Å². The van der Waals surface area contributed by atoms with Crippen LogP contribution in [0.5, 0.6) is 0 Å². The number of nitrogens with zero attached hydrogens (tertiary/aromatic N) is 4. The fourth-order valence-electron chi connectivity index (χ4n) is 4.45. The molecule has 0 radical (unpaired) electrons. The predicted molar refractivity (Wildman–Crippen MR) is 118 cm³/mol. The molecule has 0 saturated carbocycles. The number of rotatable bonds is 2. The molecule has 0 N–H and O–H groups in total. The average Bonchev–Trinajstić information content (AvgIpc) is 3.10. The first-order valence-electron chi connectivity index (χ1n) is 10.6. The second-order valence-electron chi connectivity index (χ2n) is 9.28. The summed E-state index contributed by atoms with van der Waals surface area (Å²) in [7, 11) is 0. The maximum atomic E-state index is 12.3. The number of likely N-dealkylation sites (tertiary alicyclic amines) is 2. The van der Waals surface area contributed by atoms with Gasteiger partial charge in [0.25, 0.3) is 0 Å². The van der Waals surface area contributed by atoms with Gasteiger partial charge in [-0.15, -0.1) is 0 Å². The number of carbonyl (C=O) groups excluding carboxylic acids is 1. The van der Waals surface area contributed by atoms with E-state index in [0.717, 1.165) is 61.9 Å². The van der Waals surface area contributed by atoms with Crippen molar-refractivity contribution >= 4 is 32.9 Å². The lowest BCUT2D eigenvalue weighted by molar-refractivity contribution is 0.0119. The van der Waals surface area contributed by atoms with E-state index in [1.807, 2.05) is 25.7 Å². The summed E-state index contributed by atoms with van der Waals surface area (Å²) in [4.78, 5) is 16.7.